The van der Waals surface area contributed by atoms with Crippen molar-refractivity contribution in [2.45, 2.75) is 32.3 Å². The van der Waals surface area contributed by atoms with Crippen molar-refractivity contribution >= 4 is 63.7 Å². The van der Waals surface area contributed by atoms with E-state index in [1.54, 1.807) is 6.92 Å². The van der Waals surface area contributed by atoms with Crippen molar-refractivity contribution < 1.29 is 14.9 Å². The van der Waals surface area contributed by atoms with Crippen LogP contribution in [0.25, 0.3) is 0 Å². The standard InChI is InChI=1S/C18H18Br4O3/c1-9(23)8-25-17-14(21)6-11(7-15(17)22)18(2,3)10-4-12(19)16(24)13(20)5-10/h4-7,9,23-24H,8H2,1-3H3. The third kappa shape index (κ3) is 4.80. The SMILES string of the molecule is CC(O)COc1c(Br)cc(C(C)(C)c2cc(Br)c(O)c(Br)c2)cc1Br. The lowest BCUT2D eigenvalue weighted by Crippen LogP contribution is -2.19. The van der Waals surface area contributed by atoms with E-state index in [1.165, 1.54) is 0 Å². The molecule has 0 amide bonds. The summed E-state index contributed by atoms with van der Waals surface area (Å²) < 4.78 is 8.56. The second-order valence-corrected chi connectivity index (χ2v) is 9.76. The molecule has 0 aliphatic heterocycles. The molecule has 0 aromatic heterocycles. The van der Waals surface area contributed by atoms with Gasteiger partial charge < -0.3 is 14.9 Å². The molecule has 7 heteroatoms. The molecular weight excluding hydrogens is 584 g/mol. The van der Waals surface area contributed by atoms with Gasteiger partial charge in [-0.3, -0.25) is 0 Å². The number of hydrogen-bond donors (Lipinski definition) is 2. The molecule has 0 saturated heterocycles. The van der Waals surface area contributed by atoms with Crippen LogP contribution in [-0.2, 0) is 5.41 Å². The van der Waals surface area contributed by atoms with Gasteiger partial charge in [0, 0.05) is 5.41 Å². The number of hydrogen-bond acceptors (Lipinski definition) is 3. The minimum absolute atomic E-state index is 0.184. The maximum absolute atomic E-state index is 9.95. The van der Waals surface area contributed by atoms with Crippen molar-refractivity contribution in [3.63, 3.8) is 0 Å². The first-order valence-corrected chi connectivity index (χ1v) is 10.7. The number of aliphatic hydroxyl groups is 1. The molecule has 0 aliphatic carbocycles. The second kappa shape index (κ2) is 8.30. The molecule has 136 valence electrons. The Morgan fingerprint density at radius 3 is 1.72 bits per heavy atom. The maximum atomic E-state index is 9.95. The van der Waals surface area contributed by atoms with Gasteiger partial charge in [-0.05, 0) is 106 Å². The van der Waals surface area contributed by atoms with Crippen molar-refractivity contribution in [2.75, 3.05) is 6.61 Å². The second-order valence-electron chi connectivity index (χ2n) is 6.34. The van der Waals surface area contributed by atoms with Gasteiger partial charge in [0.25, 0.3) is 0 Å². The summed E-state index contributed by atoms with van der Waals surface area (Å²) in [5, 5.41) is 19.4. The van der Waals surface area contributed by atoms with E-state index in [1.807, 2.05) is 24.3 Å². The molecule has 0 fully saturated rings. The van der Waals surface area contributed by atoms with Gasteiger partial charge in [-0.25, -0.2) is 0 Å². The Hall–Kier alpha value is -0.0800. The summed E-state index contributed by atoms with van der Waals surface area (Å²) in [6, 6.07) is 7.85. The molecule has 1 atom stereocenters. The Bertz CT molecular complexity index is 742. The molecule has 25 heavy (non-hydrogen) atoms. The zero-order chi connectivity index (χ0) is 18.9. The summed E-state index contributed by atoms with van der Waals surface area (Å²) >= 11 is 13.9. The fraction of sp³-hybridized carbons (Fsp3) is 0.333. The first-order chi connectivity index (χ1) is 11.5. The molecule has 2 N–H and O–H groups in total. The zero-order valence-corrected chi connectivity index (χ0v) is 20.3. The van der Waals surface area contributed by atoms with Crippen LogP contribution in [0.15, 0.2) is 42.2 Å². The van der Waals surface area contributed by atoms with Crippen molar-refractivity contribution in [1.29, 1.82) is 0 Å². The molecule has 0 bridgehead atoms. The molecule has 0 spiro atoms. The van der Waals surface area contributed by atoms with Crippen LogP contribution in [0.3, 0.4) is 0 Å². The summed E-state index contributed by atoms with van der Waals surface area (Å²) in [5.41, 5.74) is 1.80. The third-order valence-corrected chi connectivity index (χ3v) is 6.31. The van der Waals surface area contributed by atoms with Crippen LogP contribution in [0.5, 0.6) is 11.5 Å². The fourth-order valence-corrected chi connectivity index (χ4v) is 4.96. The minimum atomic E-state index is -0.540. The van der Waals surface area contributed by atoms with Crippen LogP contribution in [-0.4, -0.2) is 22.9 Å². The predicted octanol–water partition coefficient (Wildman–Crippen LogP) is 6.53. The largest absolute Gasteiger partial charge is 0.506 e. The number of benzene rings is 2. The van der Waals surface area contributed by atoms with Crippen molar-refractivity contribution in [1.82, 2.24) is 0 Å². The molecule has 2 aromatic carbocycles. The van der Waals surface area contributed by atoms with Crippen LogP contribution in [0.2, 0.25) is 0 Å². The van der Waals surface area contributed by atoms with Crippen molar-refractivity contribution in [2.24, 2.45) is 0 Å². The highest BCUT2D eigenvalue weighted by molar-refractivity contribution is 9.11. The van der Waals surface area contributed by atoms with Crippen LogP contribution < -0.4 is 4.74 Å². The highest BCUT2D eigenvalue weighted by Gasteiger charge is 2.27. The Kier molecular flexibility index (Phi) is 7.04. The highest BCUT2D eigenvalue weighted by atomic mass is 79.9. The van der Waals surface area contributed by atoms with E-state index in [2.05, 4.69) is 77.6 Å². The first kappa shape index (κ1) is 21.2. The van der Waals surface area contributed by atoms with Gasteiger partial charge in [0.2, 0.25) is 0 Å². The van der Waals surface area contributed by atoms with E-state index >= 15 is 0 Å². The summed E-state index contributed by atoms with van der Waals surface area (Å²) in [5.74, 6) is 0.845. The number of halogens is 4. The monoisotopic (exact) mass is 598 g/mol. The smallest absolute Gasteiger partial charge is 0.147 e. The summed E-state index contributed by atoms with van der Waals surface area (Å²) in [6.45, 7) is 6.13. The zero-order valence-electron chi connectivity index (χ0n) is 13.9. The van der Waals surface area contributed by atoms with E-state index in [0.29, 0.717) is 14.7 Å². The van der Waals surface area contributed by atoms with Gasteiger partial charge in [-0.15, -0.1) is 0 Å². The molecule has 2 aromatic rings. The van der Waals surface area contributed by atoms with E-state index in [9.17, 15) is 10.2 Å². The molecule has 2 rings (SSSR count). The molecule has 0 aliphatic rings. The summed E-state index contributed by atoms with van der Waals surface area (Å²) in [7, 11) is 0. The number of rotatable bonds is 5. The van der Waals surface area contributed by atoms with Crippen LogP contribution >= 0.6 is 63.7 Å². The van der Waals surface area contributed by atoms with Crippen LogP contribution in [0.4, 0.5) is 0 Å². The molecule has 3 nitrogen and oxygen atoms in total. The van der Waals surface area contributed by atoms with Gasteiger partial charge in [-0.1, -0.05) is 13.8 Å². The maximum Gasteiger partial charge on any atom is 0.147 e. The normalized spacial score (nSPS) is 13.0. The highest BCUT2D eigenvalue weighted by Crippen LogP contribution is 2.43. The number of phenols is 1. The fourth-order valence-electron chi connectivity index (χ4n) is 2.36. The van der Waals surface area contributed by atoms with E-state index < -0.39 is 6.10 Å². The number of aliphatic hydroxyl groups excluding tert-OH is 1. The third-order valence-electron chi connectivity index (χ3n) is 3.93. The van der Waals surface area contributed by atoms with Crippen molar-refractivity contribution in [3.05, 3.63) is 53.3 Å². The quantitative estimate of drug-likeness (QED) is 0.410. The predicted molar refractivity (Wildman–Crippen MR) is 115 cm³/mol. The van der Waals surface area contributed by atoms with Gasteiger partial charge in [0.15, 0.2) is 0 Å². The number of aromatic hydroxyl groups is 1. The van der Waals surface area contributed by atoms with Crippen LogP contribution in [0.1, 0.15) is 31.9 Å². The molecule has 0 heterocycles. The lowest BCUT2D eigenvalue weighted by molar-refractivity contribution is 0.122. The average Bonchev–Trinajstić information content (AvgIpc) is 2.50. The Morgan fingerprint density at radius 2 is 1.32 bits per heavy atom. The number of phenolic OH excluding ortho intramolecular Hbond substituents is 1. The topological polar surface area (TPSA) is 49.7 Å². The molecule has 0 radical (unpaired) electrons. The lowest BCUT2D eigenvalue weighted by atomic mass is 9.78. The Morgan fingerprint density at radius 1 is 0.920 bits per heavy atom. The summed E-state index contributed by atoms with van der Waals surface area (Å²) in [4.78, 5) is 0. The average molecular weight is 602 g/mol. The first-order valence-electron chi connectivity index (χ1n) is 7.53. The van der Waals surface area contributed by atoms with Gasteiger partial charge in [0.05, 0.1) is 24.0 Å². The molecular formula is C18H18Br4O3. The van der Waals surface area contributed by atoms with E-state index in [0.717, 1.165) is 20.1 Å². The van der Waals surface area contributed by atoms with Crippen molar-refractivity contribution in [3.8, 4) is 11.5 Å². The van der Waals surface area contributed by atoms with E-state index in [4.69, 9.17) is 4.74 Å². The number of ether oxygens (including phenoxy) is 1. The summed E-state index contributed by atoms with van der Waals surface area (Å²) in [6.07, 6.45) is -0.540. The van der Waals surface area contributed by atoms with E-state index in [-0.39, 0.29) is 17.8 Å². The molecule has 1 unspecified atom stereocenters. The lowest BCUT2D eigenvalue weighted by Gasteiger charge is -2.28. The van der Waals surface area contributed by atoms with Crippen LogP contribution in [0, 0.1) is 0 Å². The van der Waals surface area contributed by atoms with Gasteiger partial charge >= 0.3 is 0 Å². The Labute approximate surface area is 181 Å². The molecule has 0 saturated carbocycles. The Balaban J connectivity index is 2.46. The minimum Gasteiger partial charge on any atom is -0.506 e. The van der Waals surface area contributed by atoms with Gasteiger partial charge in [0.1, 0.15) is 18.1 Å². The van der Waals surface area contributed by atoms with Gasteiger partial charge in [-0.2, -0.15) is 0 Å².